The normalized spacial score (nSPS) is 10.2. The number of Topliss-reactive ketones (excluding diaryl/α,β-unsaturated/α-hetero) is 1. The third-order valence-electron chi connectivity index (χ3n) is 2.46. The number of hydrogen-bond donors (Lipinski definition) is 3. The van der Waals surface area contributed by atoms with Crippen molar-refractivity contribution in [3.05, 3.63) is 46.8 Å². The highest BCUT2D eigenvalue weighted by atomic mass is 31.2. The van der Waals surface area contributed by atoms with E-state index in [0.29, 0.717) is 18.4 Å². The Morgan fingerprint density at radius 3 is 2.42 bits per heavy atom. The summed E-state index contributed by atoms with van der Waals surface area (Å²) >= 11 is 0. The number of nitrogens with two attached hydrogens (primary N) is 1. The summed E-state index contributed by atoms with van der Waals surface area (Å²) in [4.78, 5) is 37.4. The van der Waals surface area contributed by atoms with Crippen LogP contribution < -0.4 is 11.4 Å². The van der Waals surface area contributed by atoms with E-state index in [1.807, 2.05) is 18.2 Å². The van der Waals surface area contributed by atoms with Crippen molar-refractivity contribution in [2.24, 2.45) is 5.73 Å². The summed E-state index contributed by atoms with van der Waals surface area (Å²) in [6.45, 7) is 1.33. The lowest BCUT2D eigenvalue weighted by atomic mass is 10.2. The average Bonchev–Trinajstić information content (AvgIpc) is 2.53. The predicted octanol–water partition coefficient (Wildman–Crippen LogP) is 1.83. The van der Waals surface area contributed by atoms with Crippen molar-refractivity contribution in [3.63, 3.8) is 0 Å². The maximum Gasteiger partial charge on any atom is 0.469 e. The van der Waals surface area contributed by atoms with Gasteiger partial charge in [0.25, 0.3) is 0 Å². The number of carbonyl (C=O) groups excluding carboxylic acids is 1. The molecule has 0 fully saturated rings. The van der Waals surface area contributed by atoms with Crippen molar-refractivity contribution < 1.29 is 28.1 Å². The van der Waals surface area contributed by atoms with E-state index in [1.54, 1.807) is 12.1 Å². The molecule has 24 heavy (non-hydrogen) atoms. The Bertz CT molecular complexity index is 723. The van der Waals surface area contributed by atoms with E-state index in [0.717, 1.165) is 5.39 Å². The summed E-state index contributed by atoms with van der Waals surface area (Å²) in [6, 6.07) is 10.6. The molecular formula is C15H22NO7P. The average molecular weight is 359 g/mol. The van der Waals surface area contributed by atoms with Crippen LogP contribution in [0.25, 0.3) is 11.0 Å². The van der Waals surface area contributed by atoms with Gasteiger partial charge in [0.1, 0.15) is 11.4 Å². The third-order valence-corrected chi connectivity index (χ3v) is 2.98. The molecule has 0 aliphatic carbocycles. The van der Waals surface area contributed by atoms with Gasteiger partial charge in [-0.15, -0.1) is 0 Å². The van der Waals surface area contributed by atoms with Gasteiger partial charge in [-0.05, 0) is 32.5 Å². The maximum atomic E-state index is 10.7. The molecule has 0 unspecified atom stereocenters. The third kappa shape index (κ3) is 10.8. The van der Waals surface area contributed by atoms with Crippen LogP contribution in [-0.2, 0) is 13.9 Å². The molecule has 9 heteroatoms. The monoisotopic (exact) mass is 359 g/mol. The van der Waals surface area contributed by atoms with Gasteiger partial charge in [-0.3, -0.25) is 4.52 Å². The van der Waals surface area contributed by atoms with Crippen LogP contribution in [-0.4, -0.2) is 29.2 Å². The Morgan fingerprint density at radius 1 is 1.21 bits per heavy atom. The number of benzene rings is 1. The summed E-state index contributed by atoms with van der Waals surface area (Å²) in [5.41, 5.74) is 4.84. The summed E-state index contributed by atoms with van der Waals surface area (Å²) < 4.78 is 19.1. The lowest BCUT2D eigenvalue weighted by molar-refractivity contribution is -0.117. The molecule has 134 valence electrons. The highest BCUT2D eigenvalue weighted by Gasteiger charge is 2.12. The molecular weight excluding hydrogens is 337 g/mol. The molecule has 4 N–H and O–H groups in total. The first-order valence-corrected chi connectivity index (χ1v) is 8.57. The lowest BCUT2D eigenvalue weighted by Crippen LogP contribution is -1.96. The first kappa shape index (κ1) is 22.2. The second-order valence-electron chi connectivity index (χ2n) is 4.42. The van der Waals surface area contributed by atoms with Gasteiger partial charge in [0, 0.05) is 17.9 Å². The Labute approximate surface area is 139 Å². The number of hydrogen-bond acceptors (Lipinski definition) is 6. The summed E-state index contributed by atoms with van der Waals surface area (Å²) in [7, 11) is -2.84. The Hall–Kier alpha value is -1.83. The fourth-order valence-electron chi connectivity index (χ4n) is 1.52. The number of para-hydroxylation sites is 1. The van der Waals surface area contributed by atoms with E-state index in [2.05, 4.69) is 10.3 Å². The van der Waals surface area contributed by atoms with E-state index >= 15 is 0 Å². The summed E-state index contributed by atoms with van der Waals surface area (Å²) in [5, 5.41) is 0.951. The van der Waals surface area contributed by atoms with Crippen LogP contribution in [0.2, 0.25) is 0 Å². The molecule has 0 bridgehead atoms. The second-order valence-corrected chi connectivity index (χ2v) is 5.66. The van der Waals surface area contributed by atoms with Crippen LogP contribution in [0, 0.1) is 0 Å². The molecule has 0 amide bonds. The van der Waals surface area contributed by atoms with Crippen molar-refractivity contribution in [1.29, 1.82) is 0 Å². The van der Waals surface area contributed by atoms with Crippen LogP contribution in [0.15, 0.2) is 45.6 Å². The minimum atomic E-state index is -4.34. The molecule has 0 aliphatic heterocycles. The highest BCUT2D eigenvalue weighted by molar-refractivity contribution is 7.46. The molecule has 0 spiro atoms. The molecule has 2 rings (SSSR count). The number of rotatable bonds is 5. The zero-order chi connectivity index (χ0) is 18.6. The zero-order valence-electron chi connectivity index (χ0n) is 13.5. The van der Waals surface area contributed by atoms with Crippen molar-refractivity contribution in [3.8, 4) is 0 Å². The van der Waals surface area contributed by atoms with Gasteiger partial charge >= 0.3 is 13.4 Å². The van der Waals surface area contributed by atoms with Gasteiger partial charge in [0.2, 0.25) is 0 Å². The molecule has 1 heterocycles. The SMILES string of the molecule is CC(=O)CCCOP(=O)(O)O.CN.O=c1ccc2ccccc2o1. The Kier molecular flexibility index (Phi) is 10.8. The number of carbonyl (C=O) groups is 1. The number of ketones is 1. The molecule has 1 aromatic carbocycles. The molecule has 0 atom stereocenters. The van der Waals surface area contributed by atoms with Crippen molar-refractivity contribution in [1.82, 2.24) is 0 Å². The fraction of sp³-hybridized carbons (Fsp3) is 0.333. The van der Waals surface area contributed by atoms with E-state index in [-0.39, 0.29) is 18.0 Å². The highest BCUT2D eigenvalue weighted by Crippen LogP contribution is 2.35. The van der Waals surface area contributed by atoms with E-state index < -0.39 is 7.82 Å². The number of phosphoric acid groups is 1. The Balaban J connectivity index is 0.000000400. The first-order chi connectivity index (χ1) is 11.3. The van der Waals surface area contributed by atoms with Crippen molar-refractivity contribution >= 4 is 24.6 Å². The smallest absolute Gasteiger partial charge is 0.423 e. The van der Waals surface area contributed by atoms with Crippen LogP contribution in [0.3, 0.4) is 0 Å². The van der Waals surface area contributed by atoms with E-state index in [1.165, 1.54) is 20.0 Å². The van der Waals surface area contributed by atoms with E-state index in [9.17, 15) is 14.2 Å². The van der Waals surface area contributed by atoms with Crippen molar-refractivity contribution in [2.75, 3.05) is 13.7 Å². The van der Waals surface area contributed by atoms with E-state index in [4.69, 9.17) is 14.2 Å². The van der Waals surface area contributed by atoms with Crippen LogP contribution in [0.4, 0.5) is 0 Å². The molecule has 0 saturated heterocycles. The quantitative estimate of drug-likeness (QED) is 0.417. The lowest BCUT2D eigenvalue weighted by Gasteiger charge is -2.02. The summed E-state index contributed by atoms with van der Waals surface area (Å²) in [6.07, 6.45) is 0.639. The van der Waals surface area contributed by atoms with Crippen LogP contribution in [0.5, 0.6) is 0 Å². The van der Waals surface area contributed by atoms with Crippen molar-refractivity contribution in [2.45, 2.75) is 19.8 Å². The van der Waals surface area contributed by atoms with Gasteiger partial charge in [0.15, 0.2) is 0 Å². The molecule has 0 radical (unpaired) electrons. The van der Waals surface area contributed by atoms with Gasteiger partial charge in [-0.2, -0.15) is 0 Å². The minimum absolute atomic E-state index is 0.0145. The minimum Gasteiger partial charge on any atom is -0.423 e. The van der Waals surface area contributed by atoms with Gasteiger partial charge in [0.05, 0.1) is 6.61 Å². The standard InChI is InChI=1S/C9H6O2.C5H11O5P.CH5N/c10-9-6-5-7-3-1-2-4-8(7)11-9;1-5(6)3-2-4-10-11(7,8)9;1-2/h1-6H;2-4H2,1H3,(H2,7,8,9);2H2,1H3. The predicted molar refractivity (Wildman–Crippen MR) is 90.5 cm³/mol. The molecule has 8 nitrogen and oxygen atoms in total. The van der Waals surface area contributed by atoms with Crippen LogP contribution >= 0.6 is 7.82 Å². The zero-order valence-corrected chi connectivity index (χ0v) is 14.4. The van der Waals surface area contributed by atoms with Gasteiger partial charge in [-0.1, -0.05) is 18.2 Å². The van der Waals surface area contributed by atoms with Gasteiger partial charge in [-0.25, -0.2) is 9.36 Å². The van der Waals surface area contributed by atoms with Gasteiger partial charge < -0.3 is 24.7 Å². The molecule has 1 aromatic heterocycles. The number of phosphoric ester groups is 1. The molecule has 0 aliphatic rings. The molecule has 2 aromatic rings. The maximum absolute atomic E-state index is 10.7. The molecule has 0 saturated carbocycles. The largest absolute Gasteiger partial charge is 0.469 e. The fourth-order valence-corrected chi connectivity index (χ4v) is 1.88. The first-order valence-electron chi connectivity index (χ1n) is 7.04. The topological polar surface area (TPSA) is 140 Å². The van der Waals surface area contributed by atoms with Crippen LogP contribution in [0.1, 0.15) is 19.8 Å². The Morgan fingerprint density at radius 2 is 1.83 bits per heavy atom. The second kappa shape index (κ2) is 11.7. The number of fused-ring (bicyclic) bond motifs is 1. The summed E-state index contributed by atoms with van der Waals surface area (Å²) in [5.74, 6) is -0.0145.